The van der Waals surface area contributed by atoms with Gasteiger partial charge in [-0.3, -0.25) is 0 Å². The first-order chi connectivity index (χ1) is 7.58. The Morgan fingerprint density at radius 3 is 2.94 bits per heavy atom. The molecule has 0 saturated heterocycles. The smallest absolute Gasteiger partial charge is 0.126 e. The first-order valence-corrected chi connectivity index (χ1v) is 6.55. The monoisotopic (exact) mass is 285 g/mol. The molecule has 1 aliphatic rings. The first kappa shape index (κ1) is 12.1. The zero-order valence-corrected chi connectivity index (χ0v) is 11.2. The summed E-state index contributed by atoms with van der Waals surface area (Å²) in [6.07, 6.45) is 1.10. The molecule has 1 fully saturated rings. The number of hydrogen-bond acceptors (Lipinski definition) is 1. The van der Waals surface area contributed by atoms with Crippen molar-refractivity contribution in [1.82, 2.24) is 5.32 Å². The van der Waals surface area contributed by atoms with Crippen LogP contribution in [0.5, 0.6) is 0 Å². The van der Waals surface area contributed by atoms with E-state index in [1.54, 1.807) is 12.1 Å². The molecule has 1 aromatic rings. The zero-order valence-electron chi connectivity index (χ0n) is 9.63. The maximum atomic E-state index is 13.6. The molecule has 3 heteroatoms. The summed E-state index contributed by atoms with van der Waals surface area (Å²) in [6.45, 7) is 5.27. The minimum Gasteiger partial charge on any atom is -0.314 e. The predicted octanol–water partition coefficient (Wildman–Crippen LogP) is 3.69. The fourth-order valence-electron chi connectivity index (χ4n) is 2.04. The van der Waals surface area contributed by atoms with E-state index in [0.717, 1.165) is 23.0 Å². The van der Waals surface area contributed by atoms with Gasteiger partial charge < -0.3 is 5.32 Å². The molecule has 1 N–H and O–H groups in total. The lowest BCUT2D eigenvalue weighted by atomic mass is 10.1. The predicted molar refractivity (Wildman–Crippen MR) is 68.1 cm³/mol. The van der Waals surface area contributed by atoms with Crippen LogP contribution in [0.4, 0.5) is 4.39 Å². The van der Waals surface area contributed by atoms with Crippen molar-refractivity contribution in [2.45, 2.75) is 32.2 Å². The largest absolute Gasteiger partial charge is 0.314 e. The average Bonchev–Trinajstić information content (AvgIpc) is 2.98. The zero-order chi connectivity index (χ0) is 11.7. The van der Waals surface area contributed by atoms with Crippen LogP contribution < -0.4 is 5.32 Å². The summed E-state index contributed by atoms with van der Waals surface area (Å²) in [5.74, 6) is 0.940. The highest BCUT2D eigenvalue weighted by Crippen LogP contribution is 2.48. The second-order valence-corrected chi connectivity index (χ2v) is 5.75. The van der Waals surface area contributed by atoms with Gasteiger partial charge in [-0.05, 0) is 48.6 Å². The normalized spacial score (nSPS) is 23.8. The Morgan fingerprint density at radius 1 is 1.50 bits per heavy atom. The van der Waals surface area contributed by atoms with E-state index in [9.17, 15) is 4.39 Å². The quantitative estimate of drug-likeness (QED) is 0.890. The number of nitrogens with one attached hydrogen (secondary N) is 1. The molecule has 1 aliphatic carbocycles. The summed E-state index contributed by atoms with van der Waals surface area (Å²) < 4.78 is 14.6. The Labute approximate surface area is 105 Å². The van der Waals surface area contributed by atoms with E-state index in [1.807, 2.05) is 6.07 Å². The molecule has 1 nitrogen and oxygen atoms in total. The van der Waals surface area contributed by atoms with Crippen LogP contribution in [0.1, 0.15) is 31.7 Å². The van der Waals surface area contributed by atoms with E-state index in [2.05, 4.69) is 35.1 Å². The van der Waals surface area contributed by atoms with Crippen molar-refractivity contribution in [2.24, 2.45) is 5.92 Å². The van der Waals surface area contributed by atoms with Gasteiger partial charge >= 0.3 is 0 Å². The van der Waals surface area contributed by atoms with Crippen molar-refractivity contribution in [2.75, 3.05) is 6.54 Å². The van der Waals surface area contributed by atoms with Gasteiger partial charge in [-0.2, -0.15) is 0 Å². The molecule has 16 heavy (non-hydrogen) atoms. The number of halogens is 2. The molecular formula is C13H17BrFN. The van der Waals surface area contributed by atoms with Gasteiger partial charge in [0.2, 0.25) is 0 Å². The fraction of sp³-hybridized carbons (Fsp3) is 0.538. The van der Waals surface area contributed by atoms with Crippen LogP contribution in [0.15, 0.2) is 22.7 Å². The molecule has 2 atom stereocenters. The number of hydrogen-bond donors (Lipinski definition) is 1. The van der Waals surface area contributed by atoms with Crippen LogP contribution in [0.3, 0.4) is 0 Å². The van der Waals surface area contributed by atoms with Crippen molar-refractivity contribution in [3.05, 3.63) is 34.1 Å². The molecule has 0 amide bonds. The summed E-state index contributed by atoms with van der Waals surface area (Å²) in [7, 11) is 0. The molecule has 1 saturated carbocycles. The average molecular weight is 286 g/mol. The van der Waals surface area contributed by atoms with E-state index < -0.39 is 0 Å². The minimum absolute atomic E-state index is 0.0692. The van der Waals surface area contributed by atoms with Gasteiger partial charge in [0.1, 0.15) is 5.82 Å². The van der Waals surface area contributed by atoms with Gasteiger partial charge in [0.05, 0.1) is 0 Å². The van der Waals surface area contributed by atoms with Gasteiger partial charge in [-0.1, -0.05) is 29.8 Å². The van der Waals surface area contributed by atoms with Crippen LogP contribution in [0.2, 0.25) is 0 Å². The van der Waals surface area contributed by atoms with E-state index in [-0.39, 0.29) is 5.82 Å². The number of benzene rings is 1. The molecule has 2 unspecified atom stereocenters. The van der Waals surface area contributed by atoms with Crippen LogP contribution in [-0.4, -0.2) is 12.6 Å². The molecule has 0 aromatic heterocycles. The van der Waals surface area contributed by atoms with E-state index >= 15 is 0 Å². The topological polar surface area (TPSA) is 12.0 Å². The highest BCUT2D eigenvalue weighted by atomic mass is 79.9. The molecule has 0 heterocycles. The molecular weight excluding hydrogens is 269 g/mol. The second kappa shape index (κ2) is 4.84. The van der Waals surface area contributed by atoms with Crippen LogP contribution in [-0.2, 0) is 0 Å². The van der Waals surface area contributed by atoms with Gasteiger partial charge in [0.25, 0.3) is 0 Å². The summed E-state index contributed by atoms with van der Waals surface area (Å²) in [4.78, 5) is 0. The molecule has 1 aromatic carbocycles. The molecule has 88 valence electrons. The van der Waals surface area contributed by atoms with Crippen molar-refractivity contribution in [1.29, 1.82) is 0 Å². The lowest BCUT2D eigenvalue weighted by Crippen LogP contribution is -2.25. The Hall–Kier alpha value is -0.410. The Bertz CT molecular complexity index is 378. The molecule has 0 radical (unpaired) electrons. The SMILES string of the molecule is CC(C)NCC1CC1c1cc(Br)ccc1F. The highest BCUT2D eigenvalue weighted by Gasteiger charge is 2.39. The third kappa shape index (κ3) is 2.83. The standard InChI is InChI=1S/C13H17BrFN/c1-8(2)16-7-9-5-11(9)12-6-10(14)3-4-13(12)15/h3-4,6,8-9,11,16H,5,7H2,1-2H3. The number of rotatable bonds is 4. The first-order valence-electron chi connectivity index (χ1n) is 5.76. The third-order valence-corrected chi connectivity index (χ3v) is 3.56. The van der Waals surface area contributed by atoms with Crippen molar-refractivity contribution in [3.8, 4) is 0 Å². The molecule has 2 rings (SSSR count). The molecule has 0 spiro atoms. The van der Waals surface area contributed by atoms with Crippen molar-refractivity contribution < 1.29 is 4.39 Å². The molecule has 0 bridgehead atoms. The molecule has 0 aliphatic heterocycles. The van der Waals surface area contributed by atoms with Gasteiger partial charge in [-0.15, -0.1) is 0 Å². The lowest BCUT2D eigenvalue weighted by molar-refractivity contribution is 0.549. The summed E-state index contributed by atoms with van der Waals surface area (Å²) in [6, 6.07) is 5.72. The van der Waals surface area contributed by atoms with Crippen LogP contribution >= 0.6 is 15.9 Å². The van der Waals surface area contributed by atoms with Gasteiger partial charge in [0, 0.05) is 10.5 Å². The summed E-state index contributed by atoms with van der Waals surface area (Å²) in [5, 5.41) is 3.41. The minimum atomic E-state index is -0.0692. The van der Waals surface area contributed by atoms with E-state index in [1.165, 1.54) is 0 Å². The van der Waals surface area contributed by atoms with Gasteiger partial charge in [-0.25, -0.2) is 4.39 Å². The maximum absolute atomic E-state index is 13.6. The maximum Gasteiger partial charge on any atom is 0.126 e. The van der Waals surface area contributed by atoms with Crippen molar-refractivity contribution >= 4 is 15.9 Å². The Kier molecular flexibility index (Phi) is 3.65. The van der Waals surface area contributed by atoms with E-state index in [0.29, 0.717) is 17.9 Å². The third-order valence-electron chi connectivity index (χ3n) is 3.07. The van der Waals surface area contributed by atoms with Gasteiger partial charge in [0.15, 0.2) is 0 Å². The summed E-state index contributed by atoms with van der Waals surface area (Å²) in [5.41, 5.74) is 0.866. The summed E-state index contributed by atoms with van der Waals surface area (Å²) >= 11 is 3.39. The highest BCUT2D eigenvalue weighted by molar-refractivity contribution is 9.10. The van der Waals surface area contributed by atoms with E-state index in [4.69, 9.17) is 0 Å². The lowest BCUT2D eigenvalue weighted by Gasteiger charge is -2.08. The van der Waals surface area contributed by atoms with Crippen LogP contribution in [0.25, 0.3) is 0 Å². The second-order valence-electron chi connectivity index (χ2n) is 4.83. The van der Waals surface area contributed by atoms with Crippen molar-refractivity contribution in [3.63, 3.8) is 0 Å². The Balaban J connectivity index is 1.97. The Morgan fingerprint density at radius 2 is 2.25 bits per heavy atom. The van der Waals surface area contributed by atoms with Crippen LogP contribution in [0, 0.1) is 11.7 Å². The fourth-order valence-corrected chi connectivity index (χ4v) is 2.42.